The fraction of sp³-hybridized carbons (Fsp3) is 0.467. The molecule has 0 aliphatic carbocycles. The van der Waals surface area contributed by atoms with Crippen LogP contribution in [-0.2, 0) is 13.0 Å². The number of rotatable bonds is 7. The molecular formula is C15H20BrN3OS. The summed E-state index contributed by atoms with van der Waals surface area (Å²) in [6, 6.07) is 2.48. The molecule has 0 saturated carbocycles. The Kier molecular flexibility index (Phi) is 6.14. The fourth-order valence-electron chi connectivity index (χ4n) is 1.85. The van der Waals surface area contributed by atoms with Gasteiger partial charge in [0.2, 0.25) is 5.88 Å². The predicted octanol–water partition coefficient (Wildman–Crippen LogP) is 3.73. The van der Waals surface area contributed by atoms with Crippen LogP contribution in [0.1, 0.15) is 30.0 Å². The first-order valence-corrected chi connectivity index (χ1v) is 8.63. The smallest absolute Gasteiger partial charge is 0.217 e. The Morgan fingerprint density at radius 3 is 2.86 bits per heavy atom. The number of aromatic nitrogens is 2. The van der Waals surface area contributed by atoms with Crippen molar-refractivity contribution in [2.75, 3.05) is 6.61 Å². The largest absolute Gasteiger partial charge is 0.477 e. The van der Waals surface area contributed by atoms with Crippen LogP contribution in [0.2, 0.25) is 0 Å². The van der Waals surface area contributed by atoms with Crippen molar-refractivity contribution in [3.8, 4) is 5.88 Å². The molecule has 0 aromatic carbocycles. The Hall–Kier alpha value is -0.980. The van der Waals surface area contributed by atoms with Crippen molar-refractivity contribution in [2.45, 2.75) is 39.8 Å². The van der Waals surface area contributed by atoms with Gasteiger partial charge in [-0.3, -0.25) is 0 Å². The Morgan fingerprint density at radius 2 is 2.19 bits per heavy atom. The van der Waals surface area contributed by atoms with Gasteiger partial charge in [-0.2, -0.15) is 0 Å². The Balaban J connectivity index is 1.96. The minimum atomic E-state index is 0.427. The SMILES string of the molecule is Cc1ncsc1CCOc1ncc(Br)cc1CNC(C)C. The van der Waals surface area contributed by atoms with E-state index in [9.17, 15) is 0 Å². The molecule has 0 radical (unpaired) electrons. The third kappa shape index (κ3) is 5.05. The molecule has 0 amide bonds. The molecule has 2 heterocycles. The summed E-state index contributed by atoms with van der Waals surface area (Å²) in [6.45, 7) is 7.64. The molecule has 6 heteroatoms. The number of hydrogen-bond acceptors (Lipinski definition) is 5. The third-order valence-corrected chi connectivity index (χ3v) is 4.43. The van der Waals surface area contributed by atoms with E-state index < -0.39 is 0 Å². The summed E-state index contributed by atoms with van der Waals surface area (Å²) in [5.74, 6) is 0.702. The van der Waals surface area contributed by atoms with Crippen molar-refractivity contribution in [1.82, 2.24) is 15.3 Å². The highest BCUT2D eigenvalue weighted by molar-refractivity contribution is 9.10. The number of pyridine rings is 1. The standard InChI is InChI=1S/C15H20BrN3OS/c1-10(2)17-7-12-6-13(16)8-18-15(12)20-5-4-14-11(3)19-9-21-14/h6,8-10,17H,4-5,7H2,1-3H3. The van der Waals surface area contributed by atoms with Crippen LogP contribution in [0.3, 0.4) is 0 Å². The molecule has 0 bridgehead atoms. The second-order valence-corrected chi connectivity index (χ2v) is 6.97. The summed E-state index contributed by atoms with van der Waals surface area (Å²) in [6.07, 6.45) is 2.64. The van der Waals surface area contributed by atoms with Gasteiger partial charge in [0.05, 0.1) is 17.8 Å². The van der Waals surface area contributed by atoms with Crippen LogP contribution in [0, 0.1) is 6.92 Å². The molecule has 0 aliphatic rings. The van der Waals surface area contributed by atoms with Crippen molar-refractivity contribution in [1.29, 1.82) is 0 Å². The number of ether oxygens (including phenoxy) is 1. The molecule has 0 unspecified atom stereocenters. The van der Waals surface area contributed by atoms with Crippen LogP contribution in [-0.4, -0.2) is 22.6 Å². The van der Waals surface area contributed by atoms with Crippen molar-refractivity contribution in [2.24, 2.45) is 0 Å². The molecule has 1 N–H and O–H groups in total. The second-order valence-electron chi connectivity index (χ2n) is 5.11. The molecule has 0 spiro atoms. The molecule has 2 aromatic rings. The van der Waals surface area contributed by atoms with E-state index in [2.05, 4.69) is 51.1 Å². The minimum absolute atomic E-state index is 0.427. The number of hydrogen-bond donors (Lipinski definition) is 1. The van der Waals surface area contributed by atoms with Gasteiger partial charge >= 0.3 is 0 Å². The molecule has 0 atom stereocenters. The fourth-order valence-corrected chi connectivity index (χ4v) is 2.99. The van der Waals surface area contributed by atoms with Gasteiger partial charge in [0.15, 0.2) is 0 Å². The van der Waals surface area contributed by atoms with Crippen LogP contribution >= 0.6 is 27.3 Å². The van der Waals surface area contributed by atoms with Gasteiger partial charge in [0, 0.05) is 40.1 Å². The maximum Gasteiger partial charge on any atom is 0.217 e. The first-order valence-electron chi connectivity index (χ1n) is 6.96. The number of nitrogens with one attached hydrogen (secondary N) is 1. The number of thiazole rings is 1. The summed E-state index contributed by atoms with van der Waals surface area (Å²) >= 11 is 5.13. The van der Waals surface area contributed by atoms with E-state index in [0.717, 1.165) is 28.7 Å². The molecule has 4 nitrogen and oxygen atoms in total. The maximum atomic E-state index is 5.86. The number of nitrogens with zero attached hydrogens (tertiary/aromatic N) is 2. The maximum absolute atomic E-state index is 5.86. The summed E-state index contributed by atoms with van der Waals surface area (Å²) in [7, 11) is 0. The van der Waals surface area contributed by atoms with Gasteiger partial charge < -0.3 is 10.1 Å². The molecular weight excluding hydrogens is 350 g/mol. The number of aryl methyl sites for hydroxylation is 1. The highest BCUT2D eigenvalue weighted by atomic mass is 79.9. The summed E-state index contributed by atoms with van der Waals surface area (Å²) in [5, 5.41) is 3.39. The first kappa shape index (κ1) is 16.4. The lowest BCUT2D eigenvalue weighted by molar-refractivity contribution is 0.305. The highest BCUT2D eigenvalue weighted by Crippen LogP contribution is 2.21. The van der Waals surface area contributed by atoms with Crippen LogP contribution in [0.25, 0.3) is 0 Å². The molecule has 21 heavy (non-hydrogen) atoms. The third-order valence-electron chi connectivity index (χ3n) is 3.01. The normalized spacial score (nSPS) is 11.1. The van der Waals surface area contributed by atoms with E-state index in [1.54, 1.807) is 17.5 Å². The monoisotopic (exact) mass is 369 g/mol. The van der Waals surface area contributed by atoms with Gasteiger partial charge in [-0.1, -0.05) is 13.8 Å². The highest BCUT2D eigenvalue weighted by Gasteiger charge is 2.08. The topological polar surface area (TPSA) is 47.0 Å². The molecule has 2 rings (SSSR count). The molecule has 0 saturated heterocycles. The lowest BCUT2D eigenvalue weighted by atomic mass is 10.2. The van der Waals surface area contributed by atoms with E-state index in [-0.39, 0.29) is 0 Å². The van der Waals surface area contributed by atoms with Crippen molar-refractivity contribution in [3.05, 3.63) is 38.4 Å². The van der Waals surface area contributed by atoms with E-state index in [0.29, 0.717) is 18.5 Å². The molecule has 2 aromatic heterocycles. The Bertz CT molecular complexity index is 586. The Labute approximate surface area is 138 Å². The lowest BCUT2D eigenvalue weighted by Gasteiger charge is -2.13. The molecule has 0 fully saturated rings. The van der Waals surface area contributed by atoms with Gasteiger partial charge in [-0.05, 0) is 28.9 Å². The van der Waals surface area contributed by atoms with Crippen LogP contribution in [0.15, 0.2) is 22.2 Å². The van der Waals surface area contributed by atoms with Gasteiger partial charge in [-0.15, -0.1) is 11.3 Å². The van der Waals surface area contributed by atoms with Crippen molar-refractivity contribution < 1.29 is 4.74 Å². The minimum Gasteiger partial charge on any atom is -0.477 e. The van der Waals surface area contributed by atoms with Crippen molar-refractivity contribution in [3.63, 3.8) is 0 Å². The average Bonchev–Trinajstić information content (AvgIpc) is 2.84. The summed E-state index contributed by atoms with van der Waals surface area (Å²) < 4.78 is 6.83. The molecule has 114 valence electrons. The van der Waals surface area contributed by atoms with Crippen molar-refractivity contribution >= 4 is 27.3 Å². The summed E-state index contributed by atoms with van der Waals surface area (Å²) in [4.78, 5) is 9.90. The van der Waals surface area contributed by atoms with Gasteiger partial charge in [0.25, 0.3) is 0 Å². The van der Waals surface area contributed by atoms with E-state index >= 15 is 0 Å². The summed E-state index contributed by atoms with van der Waals surface area (Å²) in [5.41, 5.74) is 4.04. The van der Waals surface area contributed by atoms with Crippen LogP contribution in [0.4, 0.5) is 0 Å². The quantitative estimate of drug-likeness (QED) is 0.807. The van der Waals surface area contributed by atoms with E-state index in [4.69, 9.17) is 4.74 Å². The van der Waals surface area contributed by atoms with E-state index in [1.807, 2.05) is 12.4 Å². The lowest BCUT2D eigenvalue weighted by Crippen LogP contribution is -2.22. The molecule has 0 aliphatic heterocycles. The average molecular weight is 370 g/mol. The predicted molar refractivity (Wildman–Crippen MR) is 90.0 cm³/mol. The van der Waals surface area contributed by atoms with Crippen LogP contribution in [0.5, 0.6) is 5.88 Å². The first-order chi connectivity index (χ1) is 10.1. The van der Waals surface area contributed by atoms with E-state index in [1.165, 1.54) is 4.88 Å². The van der Waals surface area contributed by atoms with Gasteiger partial charge in [0.1, 0.15) is 0 Å². The zero-order chi connectivity index (χ0) is 15.2. The van der Waals surface area contributed by atoms with Crippen LogP contribution < -0.4 is 10.1 Å². The zero-order valence-corrected chi connectivity index (χ0v) is 14.9. The van der Waals surface area contributed by atoms with Gasteiger partial charge in [-0.25, -0.2) is 9.97 Å². The zero-order valence-electron chi connectivity index (χ0n) is 12.5. The Morgan fingerprint density at radius 1 is 1.38 bits per heavy atom. The second kappa shape index (κ2) is 7.87. The number of halogens is 1.